The molecule has 1 aliphatic rings. The van der Waals surface area contributed by atoms with Crippen molar-refractivity contribution in [3.8, 4) is 12.3 Å². The lowest BCUT2D eigenvalue weighted by Crippen LogP contribution is -2.30. The number of benzene rings is 1. The molecule has 18 heavy (non-hydrogen) atoms. The first kappa shape index (κ1) is 12.7. The van der Waals surface area contributed by atoms with E-state index in [1.165, 1.54) is 25.5 Å². The molecule has 2 rings (SSSR count). The van der Waals surface area contributed by atoms with E-state index in [1.54, 1.807) is 0 Å². The maximum absolute atomic E-state index is 11.8. The fourth-order valence-corrected chi connectivity index (χ4v) is 2.03. The summed E-state index contributed by atoms with van der Waals surface area (Å²) >= 11 is 0. The van der Waals surface area contributed by atoms with Gasteiger partial charge in [0.25, 0.3) is 0 Å². The topological polar surface area (TPSA) is 38.3 Å². The smallest absolute Gasteiger partial charge is 0.327 e. The fourth-order valence-electron chi connectivity index (χ4n) is 2.03. The maximum Gasteiger partial charge on any atom is 0.327 e. The van der Waals surface area contributed by atoms with Crippen molar-refractivity contribution in [2.45, 2.75) is 24.8 Å². The van der Waals surface area contributed by atoms with Crippen molar-refractivity contribution in [3.05, 3.63) is 35.4 Å². The summed E-state index contributed by atoms with van der Waals surface area (Å²) in [5.74, 6) is 2.83. The highest BCUT2D eigenvalue weighted by Gasteiger charge is 2.26. The Kier molecular flexibility index (Phi) is 4.01. The quantitative estimate of drug-likeness (QED) is 0.635. The monoisotopic (exact) mass is 243 g/mol. The van der Waals surface area contributed by atoms with Crippen LogP contribution in [0.4, 0.5) is 0 Å². The molecule has 0 spiro atoms. The largest absolute Gasteiger partial charge is 0.468 e. The second kappa shape index (κ2) is 5.70. The van der Waals surface area contributed by atoms with Crippen LogP contribution in [0.2, 0.25) is 0 Å². The molecule has 94 valence electrons. The Hall–Kier alpha value is -1.79. The van der Waals surface area contributed by atoms with E-state index in [4.69, 9.17) is 11.2 Å². The van der Waals surface area contributed by atoms with Crippen LogP contribution < -0.4 is 5.32 Å². The molecule has 0 aromatic heterocycles. The van der Waals surface area contributed by atoms with E-state index in [1.807, 2.05) is 12.1 Å². The van der Waals surface area contributed by atoms with Crippen molar-refractivity contribution < 1.29 is 9.53 Å². The van der Waals surface area contributed by atoms with Gasteiger partial charge in [-0.25, -0.2) is 4.79 Å². The predicted octanol–water partition coefficient (Wildman–Crippen LogP) is 2.00. The summed E-state index contributed by atoms with van der Waals surface area (Å²) in [5.41, 5.74) is 2.21. The van der Waals surface area contributed by atoms with Crippen LogP contribution in [0.3, 0.4) is 0 Å². The molecule has 0 amide bonds. The van der Waals surface area contributed by atoms with Gasteiger partial charge in [-0.15, -0.1) is 6.42 Å². The molecule has 0 heterocycles. The van der Waals surface area contributed by atoms with Gasteiger partial charge in [0.05, 0.1) is 13.7 Å². The molecular weight excluding hydrogens is 226 g/mol. The summed E-state index contributed by atoms with van der Waals surface area (Å²) < 4.78 is 4.81. The molecule has 1 N–H and O–H groups in total. The number of ether oxygens (including phenoxy) is 1. The third-order valence-corrected chi connectivity index (χ3v) is 3.14. The standard InChI is InChI=1S/C15H17NO2/c1-3-9-16-14(15(17)18-2)13-6-4-5-12(10-13)11-7-8-11/h1,4-6,10-11,14,16H,7-9H2,2H3. The third kappa shape index (κ3) is 2.91. The minimum absolute atomic E-state index is 0.307. The van der Waals surface area contributed by atoms with Crippen LogP contribution in [-0.4, -0.2) is 19.6 Å². The van der Waals surface area contributed by atoms with Gasteiger partial charge in [-0.1, -0.05) is 30.2 Å². The summed E-state index contributed by atoms with van der Waals surface area (Å²) in [6.07, 6.45) is 7.70. The first-order chi connectivity index (χ1) is 8.76. The van der Waals surface area contributed by atoms with E-state index >= 15 is 0 Å². The lowest BCUT2D eigenvalue weighted by molar-refractivity contribution is -0.143. The molecule has 1 unspecified atom stereocenters. The molecule has 1 aliphatic carbocycles. The van der Waals surface area contributed by atoms with E-state index in [0.717, 1.165) is 5.56 Å². The second-order valence-electron chi connectivity index (χ2n) is 4.49. The van der Waals surface area contributed by atoms with Crippen LogP contribution in [0.1, 0.15) is 35.9 Å². The summed E-state index contributed by atoms with van der Waals surface area (Å²) in [7, 11) is 1.39. The van der Waals surface area contributed by atoms with Crippen molar-refractivity contribution in [2.24, 2.45) is 0 Å². The van der Waals surface area contributed by atoms with E-state index in [2.05, 4.69) is 23.4 Å². The zero-order chi connectivity index (χ0) is 13.0. The van der Waals surface area contributed by atoms with Crippen LogP contribution in [0.5, 0.6) is 0 Å². The zero-order valence-corrected chi connectivity index (χ0v) is 10.5. The van der Waals surface area contributed by atoms with Crippen molar-refractivity contribution >= 4 is 5.97 Å². The Labute approximate surface area is 108 Å². The molecule has 1 saturated carbocycles. The SMILES string of the molecule is C#CCNC(C(=O)OC)c1cccc(C2CC2)c1. The number of esters is 1. The first-order valence-corrected chi connectivity index (χ1v) is 6.10. The van der Waals surface area contributed by atoms with Gasteiger partial charge in [-0.05, 0) is 29.9 Å². The average molecular weight is 243 g/mol. The second-order valence-corrected chi connectivity index (χ2v) is 4.49. The van der Waals surface area contributed by atoms with Gasteiger partial charge >= 0.3 is 5.97 Å². The van der Waals surface area contributed by atoms with Gasteiger partial charge in [0.1, 0.15) is 6.04 Å². The fraction of sp³-hybridized carbons (Fsp3) is 0.400. The number of carbonyl (C=O) groups excluding carboxylic acids is 1. The maximum atomic E-state index is 11.8. The molecule has 0 radical (unpaired) electrons. The van der Waals surface area contributed by atoms with Crippen LogP contribution in [0, 0.1) is 12.3 Å². The van der Waals surface area contributed by atoms with E-state index < -0.39 is 6.04 Å². The molecular formula is C15H17NO2. The molecule has 1 aromatic carbocycles. The van der Waals surface area contributed by atoms with Gasteiger partial charge in [0.2, 0.25) is 0 Å². The van der Waals surface area contributed by atoms with Crippen LogP contribution in [-0.2, 0) is 9.53 Å². The average Bonchev–Trinajstić information content (AvgIpc) is 3.23. The summed E-state index contributed by atoms with van der Waals surface area (Å²) in [6, 6.07) is 7.61. The number of carbonyl (C=O) groups is 1. The lowest BCUT2D eigenvalue weighted by Gasteiger charge is -2.16. The van der Waals surface area contributed by atoms with E-state index in [0.29, 0.717) is 12.5 Å². The predicted molar refractivity (Wildman–Crippen MR) is 70.0 cm³/mol. The highest BCUT2D eigenvalue weighted by Crippen LogP contribution is 2.40. The molecule has 0 saturated heterocycles. The zero-order valence-electron chi connectivity index (χ0n) is 10.5. The molecule has 0 aliphatic heterocycles. The Morgan fingerprint density at radius 1 is 1.61 bits per heavy atom. The van der Waals surface area contributed by atoms with E-state index in [9.17, 15) is 4.79 Å². The molecule has 1 fully saturated rings. The van der Waals surface area contributed by atoms with Crippen molar-refractivity contribution in [3.63, 3.8) is 0 Å². The Bertz CT molecular complexity index is 472. The molecule has 1 atom stereocenters. The Balaban J connectivity index is 2.20. The van der Waals surface area contributed by atoms with Crippen molar-refractivity contribution in [1.82, 2.24) is 5.32 Å². The Morgan fingerprint density at radius 2 is 2.39 bits per heavy atom. The van der Waals surface area contributed by atoms with E-state index in [-0.39, 0.29) is 5.97 Å². The number of hydrogen-bond donors (Lipinski definition) is 1. The van der Waals surface area contributed by atoms with Gasteiger partial charge < -0.3 is 4.74 Å². The lowest BCUT2D eigenvalue weighted by atomic mass is 10.0. The number of hydrogen-bond acceptors (Lipinski definition) is 3. The van der Waals surface area contributed by atoms with Crippen LogP contribution >= 0.6 is 0 Å². The Morgan fingerprint density at radius 3 is 3.00 bits per heavy atom. The molecule has 1 aromatic rings. The minimum atomic E-state index is -0.482. The molecule has 3 nitrogen and oxygen atoms in total. The molecule has 3 heteroatoms. The summed E-state index contributed by atoms with van der Waals surface area (Å²) in [6.45, 7) is 0.341. The normalized spacial score (nSPS) is 15.8. The highest BCUT2D eigenvalue weighted by atomic mass is 16.5. The van der Waals surface area contributed by atoms with Crippen molar-refractivity contribution in [1.29, 1.82) is 0 Å². The van der Waals surface area contributed by atoms with Gasteiger partial charge in [0.15, 0.2) is 0 Å². The first-order valence-electron chi connectivity index (χ1n) is 6.10. The summed E-state index contributed by atoms with van der Waals surface area (Å²) in [4.78, 5) is 11.8. The number of nitrogens with one attached hydrogen (secondary N) is 1. The summed E-state index contributed by atoms with van der Waals surface area (Å²) in [5, 5.41) is 3.01. The van der Waals surface area contributed by atoms with Gasteiger partial charge in [-0.3, -0.25) is 5.32 Å². The van der Waals surface area contributed by atoms with Crippen LogP contribution in [0.15, 0.2) is 24.3 Å². The third-order valence-electron chi connectivity index (χ3n) is 3.14. The van der Waals surface area contributed by atoms with Gasteiger partial charge in [0, 0.05) is 0 Å². The minimum Gasteiger partial charge on any atom is -0.468 e. The van der Waals surface area contributed by atoms with Crippen LogP contribution in [0.25, 0.3) is 0 Å². The molecule has 0 bridgehead atoms. The number of terminal acetylenes is 1. The highest BCUT2D eigenvalue weighted by molar-refractivity contribution is 5.77. The van der Waals surface area contributed by atoms with Crippen molar-refractivity contribution in [2.75, 3.05) is 13.7 Å². The number of rotatable bonds is 5. The number of methoxy groups -OCH3 is 1. The van der Waals surface area contributed by atoms with Gasteiger partial charge in [-0.2, -0.15) is 0 Å².